The number of aldehydes is 1. The maximum absolute atomic E-state index is 11.2. The third-order valence-corrected chi connectivity index (χ3v) is 3.83. The molecule has 4 nitrogen and oxygen atoms in total. The van der Waals surface area contributed by atoms with E-state index in [-0.39, 0.29) is 0 Å². The SMILES string of the molecule is Cc1ccnc(B2OC(C)(C)C(C)(C)O2)c1C=O. The van der Waals surface area contributed by atoms with E-state index in [1.165, 1.54) is 0 Å². The van der Waals surface area contributed by atoms with Gasteiger partial charge in [0.15, 0.2) is 6.29 Å². The van der Waals surface area contributed by atoms with Gasteiger partial charge in [0, 0.05) is 11.8 Å². The lowest BCUT2D eigenvalue weighted by atomic mass is 9.80. The molecule has 2 rings (SSSR count). The maximum Gasteiger partial charge on any atom is 0.515 e. The van der Waals surface area contributed by atoms with Gasteiger partial charge < -0.3 is 9.31 Å². The van der Waals surface area contributed by atoms with Crippen LogP contribution in [0.25, 0.3) is 0 Å². The van der Waals surface area contributed by atoms with Crippen LogP contribution >= 0.6 is 0 Å². The minimum absolute atomic E-state index is 0.427. The first-order valence-electron chi connectivity index (χ1n) is 6.05. The molecule has 96 valence electrons. The average Bonchev–Trinajstić information content (AvgIpc) is 2.47. The standard InChI is InChI=1S/C13H18BNO3/c1-9-6-7-15-11(10(9)8-16)14-17-12(2,3)13(4,5)18-14/h6-8H,1-5H3. The van der Waals surface area contributed by atoms with Gasteiger partial charge in [-0.05, 0) is 46.2 Å². The summed E-state index contributed by atoms with van der Waals surface area (Å²) in [5, 5.41) is 0. The van der Waals surface area contributed by atoms with Crippen LogP contribution in [0.2, 0.25) is 0 Å². The Kier molecular flexibility index (Phi) is 3.07. The predicted octanol–water partition coefficient (Wildman–Crippen LogP) is 1.50. The Morgan fingerprint density at radius 2 is 1.78 bits per heavy atom. The molecule has 1 aromatic rings. The molecule has 5 heteroatoms. The molecule has 1 aliphatic rings. The van der Waals surface area contributed by atoms with Gasteiger partial charge in [0.05, 0.1) is 16.8 Å². The largest absolute Gasteiger partial charge is 0.515 e. The number of hydrogen-bond donors (Lipinski definition) is 0. The quantitative estimate of drug-likeness (QED) is 0.587. The monoisotopic (exact) mass is 247 g/mol. The van der Waals surface area contributed by atoms with Gasteiger partial charge in [-0.3, -0.25) is 9.78 Å². The van der Waals surface area contributed by atoms with Crippen molar-refractivity contribution < 1.29 is 14.1 Å². The van der Waals surface area contributed by atoms with Crippen LogP contribution in [-0.4, -0.2) is 29.6 Å². The van der Waals surface area contributed by atoms with Gasteiger partial charge in [-0.25, -0.2) is 0 Å². The lowest BCUT2D eigenvalue weighted by molar-refractivity contribution is 0.00578. The van der Waals surface area contributed by atoms with Gasteiger partial charge in [-0.2, -0.15) is 0 Å². The summed E-state index contributed by atoms with van der Waals surface area (Å²) in [6, 6.07) is 1.80. The van der Waals surface area contributed by atoms with E-state index in [9.17, 15) is 4.79 Å². The van der Waals surface area contributed by atoms with E-state index in [1.807, 2.05) is 34.6 Å². The molecule has 0 amide bonds. The fourth-order valence-electron chi connectivity index (χ4n) is 1.89. The highest BCUT2D eigenvalue weighted by atomic mass is 16.7. The second kappa shape index (κ2) is 4.18. The van der Waals surface area contributed by atoms with Gasteiger partial charge >= 0.3 is 7.12 Å². The molecule has 0 aliphatic carbocycles. The van der Waals surface area contributed by atoms with Crippen LogP contribution in [0.15, 0.2) is 12.3 Å². The Morgan fingerprint density at radius 3 is 2.28 bits per heavy atom. The first-order valence-corrected chi connectivity index (χ1v) is 6.05. The van der Waals surface area contributed by atoms with Gasteiger partial charge in [-0.15, -0.1) is 0 Å². The fourth-order valence-corrected chi connectivity index (χ4v) is 1.89. The minimum atomic E-state index is -0.588. The van der Waals surface area contributed by atoms with Crippen LogP contribution in [0, 0.1) is 6.92 Å². The van der Waals surface area contributed by atoms with E-state index in [0.29, 0.717) is 11.2 Å². The number of rotatable bonds is 2. The summed E-state index contributed by atoms with van der Waals surface area (Å²) in [4.78, 5) is 15.4. The molecule has 0 spiro atoms. The zero-order valence-electron chi connectivity index (χ0n) is 11.5. The van der Waals surface area contributed by atoms with Crippen molar-refractivity contribution in [3.05, 3.63) is 23.4 Å². The molecular formula is C13H18BNO3. The third kappa shape index (κ3) is 1.97. The first kappa shape index (κ1) is 13.2. The summed E-state index contributed by atoms with van der Waals surface area (Å²) < 4.78 is 11.8. The van der Waals surface area contributed by atoms with E-state index >= 15 is 0 Å². The highest BCUT2D eigenvalue weighted by molar-refractivity contribution is 6.62. The molecule has 0 saturated carbocycles. The Hall–Kier alpha value is -1.20. The summed E-state index contributed by atoms with van der Waals surface area (Å²) in [5.41, 5.74) is 1.14. The summed E-state index contributed by atoms with van der Waals surface area (Å²) in [7, 11) is -0.588. The van der Waals surface area contributed by atoms with Crippen LogP contribution < -0.4 is 5.59 Å². The average molecular weight is 247 g/mol. The Morgan fingerprint density at radius 1 is 1.22 bits per heavy atom. The first-order chi connectivity index (χ1) is 8.28. The van der Waals surface area contributed by atoms with Crippen molar-refractivity contribution in [1.82, 2.24) is 4.98 Å². The minimum Gasteiger partial charge on any atom is -0.398 e. The van der Waals surface area contributed by atoms with E-state index in [2.05, 4.69) is 4.98 Å². The van der Waals surface area contributed by atoms with Crippen LogP contribution in [0.1, 0.15) is 43.6 Å². The Labute approximate surface area is 108 Å². The van der Waals surface area contributed by atoms with E-state index in [4.69, 9.17) is 9.31 Å². The molecule has 0 N–H and O–H groups in total. The summed E-state index contributed by atoms with van der Waals surface area (Å²) in [6.45, 7) is 9.78. The lowest BCUT2D eigenvalue weighted by Gasteiger charge is -2.32. The maximum atomic E-state index is 11.2. The van der Waals surface area contributed by atoms with Crippen molar-refractivity contribution in [2.45, 2.75) is 45.8 Å². The number of aromatic nitrogens is 1. The molecule has 1 aliphatic heterocycles. The van der Waals surface area contributed by atoms with Crippen molar-refractivity contribution in [1.29, 1.82) is 0 Å². The van der Waals surface area contributed by atoms with Gasteiger partial charge in [0.1, 0.15) is 0 Å². The molecule has 0 bridgehead atoms. The molecule has 0 atom stereocenters. The van der Waals surface area contributed by atoms with E-state index < -0.39 is 18.3 Å². The summed E-state index contributed by atoms with van der Waals surface area (Å²) in [5.74, 6) is 0. The number of hydrogen-bond acceptors (Lipinski definition) is 4. The van der Waals surface area contributed by atoms with Crippen molar-refractivity contribution in [3.8, 4) is 0 Å². The fraction of sp³-hybridized carbons (Fsp3) is 0.538. The van der Waals surface area contributed by atoms with Gasteiger partial charge in [-0.1, -0.05) is 0 Å². The molecule has 18 heavy (non-hydrogen) atoms. The smallest absolute Gasteiger partial charge is 0.398 e. The molecule has 0 aromatic carbocycles. The highest BCUT2D eigenvalue weighted by Crippen LogP contribution is 2.36. The van der Waals surface area contributed by atoms with Gasteiger partial charge in [0.2, 0.25) is 0 Å². The molecular weight excluding hydrogens is 229 g/mol. The van der Waals surface area contributed by atoms with Crippen molar-refractivity contribution in [2.75, 3.05) is 0 Å². The molecule has 0 unspecified atom stereocenters. The van der Waals surface area contributed by atoms with Crippen molar-refractivity contribution in [2.24, 2.45) is 0 Å². The molecule has 1 saturated heterocycles. The van der Waals surface area contributed by atoms with E-state index in [1.54, 1.807) is 12.3 Å². The zero-order valence-corrected chi connectivity index (χ0v) is 11.5. The number of nitrogens with zero attached hydrogens (tertiary/aromatic N) is 1. The number of aryl methyl sites for hydroxylation is 1. The van der Waals surface area contributed by atoms with Crippen molar-refractivity contribution >= 4 is 19.0 Å². The predicted molar refractivity (Wildman–Crippen MR) is 70.1 cm³/mol. The number of pyridine rings is 1. The van der Waals surface area contributed by atoms with Crippen LogP contribution in [-0.2, 0) is 9.31 Å². The molecule has 1 fully saturated rings. The Bertz CT molecular complexity index is 469. The zero-order chi connectivity index (χ0) is 13.6. The second-order valence-corrected chi connectivity index (χ2v) is 5.63. The molecule has 0 radical (unpaired) electrons. The third-order valence-electron chi connectivity index (χ3n) is 3.83. The van der Waals surface area contributed by atoms with E-state index in [0.717, 1.165) is 11.8 Å². The number of carbonyl (C=O) groups excluding carboxylic acids is 1. The Balaban J connectivity index is 2.41. The lowest BCUT2D eigenvalue weighted by Crippen LogP contribution is -2.41. The second-order valence-electron chi connectivity index (χ2n) is 5.63. The van der Waals surface area contributed by atoms with Crippen LogP contribution in [0.5, 0.6) is 0 Å². The normalized spacial score (nSPS) is 21.1. The van der Waals surface area contributed by atoms with Crippen molar-refractivity contribution in [3.63, 3.8) is 0 Å². The molecule has 1 aromatic heterocycles. The molecule has 2 heterocycles. The van der Waals surface area contributed by atoms with Crippen LogP contribution in [0.3, 0.4) is 0 Å². The number of carbonyl (C=O) groups is 1. The highest BCUT2D eigenvalue weighted by Gasteiger charge is 2.52. The van der Waals surface area contributed by atoms with Gasteiger partial charge in [0.25, 0.3) is 0 Å². The summed E-state index contributed by atoms with van der Waals surface area (Å²) in [6.07, 6.45) is 2.48. The van der Waals surface area contributed by atoms with Crippen LogP contribution in [0.4, 0.5) is 0 Å². The topological polar surface area (TPSA) is 48.4 Å². The summed E-state index contributed by atoms with van der Waals surface area (Å²) >= 11 is 0.